The molecule has 2 amide bonds. The number of methoxy groups -OCH3 is 1. The standard InChI is InChI=1S/C23H20Cl2N2O3/c1-30-21-5-3-2-4-20(21)27-23(29)16-7-11-18(12-8-16)26-22(28)13-9-15-6-10-17(24)14-19(15)25/h2-8,10-12,14H,9,13H2,1H3,(H,26,28)(H,27,29). The molecule has 0 saturated carbocycles. The molecule has 0 bridgehead atoms. The van der Waals surface area contributed by atoms with Crippen LogP contribution in [-0.2, 0) is 11.2 Å². The zero-order valence-corrected chi connectivity index (χ0v) is 17.8. The number of amides is 2. The number of carbonyl (C=O) groups is 2. The Morgan fingerprint density at radius 1 is 0.933 bits per heavy atom. The maximum Gasteiger partial charge on any atom is 0.255 e. The number of aryl methyl sites for hydroxylation is 1. The van der Waals surface area contributed by atoms with Crippen LogP contribution in [0.1, 0.15) is 22.3 Å². The summed E-state index contributed by atoms with van der Waals surface area (Å²) >= 11 is 12.0. The number of nitrogens with one attached hydrogen (secondary N) is 2. The van der Waals surface area contributed by atoms with E-state index in [1.807, 2.05) is 18.2 Å². The van der Waals surface area contributed by atoms with Crippen molar-refractivity contribution in [3.8, 4) is 5.75 Å². The highest BCUT2D eigenvalue weighted by atomic mass is 35.5. The van der Waals surface area contributed by atoms with Crippen LogP contribution in [0.3, 0.4) is 0 Å². The Morgan fingerprint density at radius 3 is 2.37 bits per heavy atom. The molecule has 3 aromatic carbocycles. The summed E-state index contributed by atoms with van der Waals surface area (Å²) in [6, 6.07) is 19.1. The molecule has 2 N–H and O–H groups in total. The van der Waals surface area contributed by atoms with E-state index in [4.69, 9.17) is 27.9 Å². The van der Waals surface area contributed by atoms with Gasteiger partial charge in [-0.3, -0.25) is 9.59 Å². The van der Waals surface area contributed by atoms with Crippen LogP contribution >= 0.6 is 23.2 Å². The van der Waals surface area contributed by atoms with E-state index in [-0.39, 0.29) is 18.2 Å². The third-order valence-electron chi connectivity index (χ3n) is 4.42. The molecule has 0 fully saturated rings. The summed E-state index contributed by atoms with van der Waals surface area (Å²) in [7, 11) is 1.54. The number of anilines is 2. The van der Waals surface area contributed by atoms with E-state index in [0.29, 0.717) is 39.2 Å². The molecule has 0 aliphatic heterocycles. The van der Waals surface area contributed by atoms with E-state index < -0.39 is 0 Å². The molecular weight excluding hydrogens is 423 g/mol. The first-order valence-corrected chi connectivity index (χ1v) is 10.00. The average molecular weight is 443 g/mol. The SMILES string of the molecule is COc1ccccc1NC(=O)c1ccc(NC(=O)CCc2ccc(Cl)cc2Cl)cc1. The highest BCUT2D eigenvalue weighted by Gasteiger charge is 2.10. The van der Waals surface area contributed by atoms with E-state index in [1.54, 1.807) is 55.6 Å². The molecule has 0 aliphatic carbocycles. The van der Waals surface area contributed by atoms with E-state index in [0.717, 1.165) is 5.56 Å². The minimum atomic E-state index is -0.269. The van der Waals surface area contributed by atoms with Crippen molar-refractivity contribution in [1.29, 1.82) is 0 Å². The van der Waals surface area contributed by atoms with Crippen molar-refractivity contribution in [2.75, 3.05) is 17.7 Å². The number of rotatable bonds is 7. The molecule has 0 radical (unpaired) electrons. The van der Waals surface area contributed by atoms with Gasteiger partial charge in [-0.2, -0.15) is 0 Å². The van der Waals surface area contributed by atoms with Crippen LogP contribution < -0.4 is 15.4 Å². The third-order valence-corrected chi connectivity index (χ3v) is 5.01. The van der Waals surface area contributed by atoms with Crippen molar-refractivity contribution in [1.82, 2.24) is 0 Å². The van der Waals surface area contributed by atoms with Crippen LogP contribution in [0.4, 0.5) is 11.4 Å². The smallest absolute Gasteiger partial charge is 0.255 e. The molecule has 0 atom stereocenters. The van der Waals surface area contributed by atoms with Crippen molar-refractivity contribution in [2.24, 2.45) is 0 Å². The van der Waals surface area contributed by atoms with Crippen LogP contribution in [0.15, 0.2) is 66.7 Å². The minimum Gasteiger partial charge on any atom is -0.495 e. The summed E-state index contributed by atoms with van der Waals surface area (Å²) in [6.07, 6.45) is 0.776. The minimum absolute atomic E-state index is 0.146. The Balaban J connectivity index is 1.56. The maximum absolute atomic E-state index is 12.5. The fourth-order valence-electron chi connectivity index (χ4n) is 2.84. The summed E-state index contributed by atoms with van der Waals surface area (Å²) in [5, 5.41) is 6.73. The van der Waals surface area contributed by atoms with E-state index in [9.17, 15) is 9.59 Å². The third kappa shape index (κ3) is 5.75. The van der Waals surface area contributed by atoms with Gasteiger partial charge in [0.05, 0.1) is 12.8 Å². The largest absolute Gasteiger partial charge is 0.495 e. The molecule has 3 rings (SSSR count). The van der Waals surface area contributed by atoms with E-state index in [1.165, 1.54) is 0 Å². The molecule has 5 nitrogen and oxygen atoms in total. The fraction of sp³-hybridized carbons (Fsp3) is 0.130. The predicted molar refractivity (Wildman–Crippen MR) is 121 cm³/mol. The van der Waals surface area contributed by atoms with Gasteiger partial charge in [-0.15, -0.1) is 0 Å². The first-order chi connectivity index (χ1) is 14.5. The Hall–Kier alpha value is -3.02. The van der Waals surface area contributed by atoms with Gasteiger partial charge >= 0.3 is 0 Å². The average Bonchev–Trinajstić information content (AvgIpc) is 2.74. The maximum atomic E-state index is 12.5. The molecule has 0 aliphatic rings. The Bertz CT molecular complexity index is 1050. The van der Waals surface area contributed by atoms with Gasteiger partial charge in [0.15, 0.2) is 0 Å². The summed E-state index contributed by atoms with van der Waals surface area (Å²) in [5.41, 5.74) is 2.52. The zero-order chi connectivity index (χ0) is 21.5. The number of ether oxygens (including phenoxy) is 1. The number of benzene rings is 3. The van der Waals surface area contributed by atoms with Crippen molar-refractivity contribution < 1.29 is 14.3 Å². The summed E-state index contributed by atoms with van der Waals surface area (Å²) in [6.45, 7) is 0. The molecule has 0 spiro atoms. The lowest BCUT2D eigenvalue weighted by atomic mass is 10.1. The van der Waals surface area contributed by atoms with Crippen LogP contribution in [0.2, 0.25) is 10.0 Å². The number of para-hydroxylation sites is 2. The van der Waals surface area contributed by atoms with Gasteiger partial charge in [0.1, 0.15) is 5.75 Å². The molecule has 0 heterocycles. The quantitative estimate of drug-likeness (QED) is 0.483. The summed E-state index contributed by atoms with van der Waals surface area (Å²) < 4.78 is 5.24. The topological polar surface area (TPSA) is 67.4 Å². The number of halogens is 2. The van der Waals surface area contributed by atoms with Gasteiger partial charge in [0.2, 0.25) is 5.91 Å². The van der Waals surface area contributed by atoms with Crippen molar-refractivity contribution in [3.63, 3.8) is 0 Å². The summed E-state index contributed by atoms with van der Waals surface area (Å²) in [5.74, 6) is 0.164. The van der Waals surface area contributed by atoms with Crippen molar-refractivity contribution in [2.45, 2.75) is 12.8 Å². The van der Waals surface area contributed by atoms with Gasteiger partial charge in [-0.25, -0.2) is 0 Å². The highest BCUT2D eigenvalue weighted by molar-refractivity contribution is 6.35. The van der Waals surface area contributed by atoms with Crippen LogP contribution in [0.25, 0.3) is 0 Å². The second kappa shape index (κ2) is 10.1. The first-order valence-electron chi connectivity index (χ1n) is 9.24. The molecule has 154 valence electrons. The highest BCUT2D eigenvalue weighted by Crippen LogP contribution is 2.24. The molecule has 0 unspecified atom stereocenters. The van der Waals surface area contributed by atoms with Crippen molar-refractivity contribution in [3.05, 3.63) is 87.9 Å². The Morgan fingerprint density at radius 2 is 1.67 bits per heavy atom. The van der Waals surface area contributed by atoms with Gasteiger partial charge in [0.25, 0.3) is 5.91 Å². The second-order valence-electron chi connectivity index (χ2n) is 6.52. The lowest BCUT2D eigenvalue weighted by molar-refractivity contribution is -0.116. The number of hydrogen-bond donors (Lipinski definition) is 2. The van der Waals surface area contributed by atoms with Gasteiger partial charge in [0, 0.05) is 27.7 Å². The molecular formula is C23H20Cl2N2O3. The van der Waals surface area contributed by atoms with Crippen LogP contribution in [0, 0.1) is 0 Å². The zero-order valence-electron chi connectivity index (χ0n) is 16.2. The molecule has 7 heteroatoms. The lowest BCUT2D eigenvalue weighted by Gasteiger charge is -2.10. The fourth-order valence-corrected chi connectivity index (χ4v) is 3.35. The van der Waals surface area contributed by atoms with Crippen LogP contribution in [-0.4, -0.2) is 18.9 Å². The van der Waals surface area contributed by atoms with Crippen molar-refractivity contribution >= 4 is 46.4 Å². The van der Waals surface area contributed by atoms with Crippen LogP contribution in [0.5, 0.6) is 5.75 Å². The normalized spacial score (nSPS) is 10.4. The monoisotopic (exact) mass is 442 g/mol. The first kappa shape index (κ1) is 21.7. The molecule has 30 heavy (non-hydrogen) atoms. The lowest BCUT2D eigenvalue weighted by Crippen LogP contribution is -2.14. The van der Waals surface area contributed by atoms with Gasteiger partial charge < -0.3 is 15.4 Å². The van der Waals surface area contributed by atoms with Gasteiger partial charge in [-0.05, 0) is 60.5 Å². The van der Waals surface area contributed by atoms with E-state index in [2.05, 4.69) is 10.6 Å². The van der Waals surface area contributed by atoms with E-state index >= 15 is 0 Å². The number of carbonyl (C=O) groups excluding carboxylic acids is 2. The molecule has 0 aromatic heterocycles. The molecule has 0 saturated heterocycles. The Labute approximate surface area is 185 Å². The Kier molecular flexibility index (Phi) is 7.33. The van der Waals surface area contributed by atoms with Gasteiger partial charge in [-0.1, -0.05) is 41.4 Å². The summed E-state index contributed by atoms with van der Waals surface area (Å²) in [4.78, 5) is 24.7. The second-order valence-corrected chi connectivity index (χ2v) is 7.36. The molecule has 3 aromatic rings. The number of hydrogen-bond acceptors (Lipinski definition) is 3. The predicted octanol–water partition coefficient (Wildman–Crippen LogP) is 5.83.